The maximum Gasteiger partial charge on any atom is 0.309 e. The minimum absolute atomic E-state index is 0.00926. The largest absolute Gasteiger partial charge is 0.507 e. The highest BCUT2D eigenvalue weighted by atomic mass is 79.9. The second-order valence-corrected chi connectivity index (χ2v) is 9.15. The first-order chi connectivity index (χ1) is 17.3. The molecule has 0 radical (unpaired) electrons. The molecule has 0 aromatic heterocycles. The van der Waals surface area contributed by atoms with Crippen LogP contribution in [0.5, 0.6) is 5.75 Å². The van der Waals surface area contributed by atoms with Crippen LogP contribution in [0.1, 0.15) is 28.3 Å². The van der Waals surface area contributed by atoms with Crippen LogP contribution in [0.15, 0.2) is 76.8 Å². The highest BCUT2D eigenvalue weighted by Gasteiger charge is 2.47. The number of aliphatic hydroxyl groups excluding tert-OH is 1. The summed E-state index contributed by atoms with van der Waals surface area (Å²) in [6.45, 7) is 1.89. The molecule has 0 bridgehead atoms. The van der Waals surface area contributed by atoms with Gasteiger partial charge in [0.25, 0.3) is 11.7 Å². The molecular formula is C28H24BrNO6. The number of ether oxygens (including phenoxy) is 2. The number of rotatable bonds is 6. The van der Waals surface area contributed by atoms with Gasteiger partial charge in [0, 0.05) is 11.3 Å². The van der Waals surface area contributed by atoms with E-state index in [0.29, 0.717) is 32.6 Å². The minimum Gasteiger partial charge on any atom is -0.507 e. The Morgan fingerprint density at radius 3 is 2.33 bits per heavy atom. The number of esters is 1. The SMILES string of the molecule is COC(=O)Cc1ccc(N2C(=O)C(=O)/C(=C(/O)c3ccc(OC)c(Br)c3)C2c2ccccc2C)cc1. The van der Waals surface area contributed by atoms with E-state index in [0.717, 1.165) is 5.56 Å². The third kappa shape index (κ3) is 4.64. The number of amides is 1. The number of carbonyl (C=O) groups excluding carboxylic acids is 3. The Bertz CT molecular complexity index is 1380. The average molecular weight is 550 g/mol. The molecule has 1 amide bonds. The lowest BCUT2D eigenvalue weighted by Gasteiger charge is -2.26. The highest BCUT2D eigenvalue weighted by Crippen LogP contribution is 2.43. The zero-order valence-electron chi connectivity index (χ0n) is 19.9. The van der Waals surface area contributed by atoms with Crippen LogP contribution in [0, 0.1) is 6.92 Å². The average Bonchev–Trinajstić information content (AvgIpc) is 3.14. The van der Waals surface area contributed by atoms with Crippen molar-refractivity contribution in [1.82, 2.24) is 0 Å². The Balaban J connectivity index is 1.87. The molecule has 1 unspecified atom stereocenters. The first-order valence-corrected chi connectivity index (χ1v) is 11.9. The van der Waals surface area contributed by atoms with Crippen molar-refractivity contribution in [3.05, 3.63) is 99.0 Å². The fraction of sp³-hybridized carbons (Fsp3) is 0.179. The lowest BCUT2D eigenvalue weighted by Crippen LogP contribution is -2.29. The summed E-state index contributed by atoms with van der Waals surface area (Å²) in [6, 6.07) is 18.3. The number of aliphatic hydroxyl groups is 1. The van der Waals surface area contributed by atoms with Gasteiger partial charge in [-0.2, -0.15) is 0 Å². The molecule has 1 atom stereocenters. The molecular weight excluding hydrogens is 526 g/mol. The van der Waals surface area contributed by atoms with Gasteiger partial charge < -0.3 is 14.6 Å². The number of methoxy groups -OCH3 is 2. The zero-order valence-corrected chi connectivity index (χ0v) is 21.5. The standard InChI is InChI=1S/C28H24BrNO6/c1-16-6-4-5-7-20(16)25-24(26(32)18-10-13-22(35-2)21(29)15-18)27(33)28(34)30(25)19-11-8-17(9-12-19)14-23(31)36-3/h4-13,15,25,32H,14H2,1-3H3/b26-24+. The van der Waals surface area contributed by atoms with Gasteiger partial charge >= 0.3 is 5.97 Å². The van der Waals surface area contributed by atoms with Crippen LogP contribution in [-0.4, -0.2) is 37.0 Å². The molecule has 36 heavy (non-hydrogen) atoms. The summed E-state index contributed by atoms with van der Waals surface area (Å²) in [6.07, 6.45) is 0.0865. The maximum atomic E-state index is 13.4. The van der Waals surface area contributed by atoms with Crippen molar-refractivity contribution in [2.45, 2.75) is 19.4 Å². The monoisotopic (exact) mass is 549 g/mol. The summed E-state index contributed by atoms with van der Waals surface area (Å²) >= 11 is 3.41. The Labute approximate surface area is 217 Å². The van der Waals surface area contributed by atoms with E-state index in [1.807, 2.05) is 31.2 Å². The second-order valence-electron chi connectivity index (χ2n) is 8.29. The van der Waals surface area contributed by atoms with Gasteiger partial charge in [-0.05, 0) is 69.9 Å². The van der Waals surface area contributed by atoms with Gasteiger partial charge in [0.05, 0.1) is 36.7 Å². The number of Topliss-reactive ketones (excluding diaryl/α,β-unsaturated/α-hetero) is 1. The van der Waals surface area contributed by atoms with Crippen LogP contribution in [0.3, 0.4) is 0 Å². The molecule has 1 aliphatic rings. The van der Waals surface area contributed by atoms with Crippen LogP contribution in [-0.2, 0) is 25.5 Å². The van der Waals surface area contributed by atoms with Gasteiger partial charge in [0.1, 0.15) is 11.5 Å². The molecule has 184 valence electrons. The number of benzene rings is 3. The van der Waals surface area contributed by atoms with E-state index < -0.39 is 17.7 Å². The summed E-state index contributed by atoms with van der Waals surface area (Å²) in [5.41, 5.74) is 3.10. The summed E-state index contributed by atoms with van der Waals surface area (Å²) < 4.78 is 10.6. The number of hydrogen-bond acceptors (Lipinski definition) is 6. The van der Waals surface area contributed by atoms with Crippen molar-refractivity contribution in [2.75, 3.05) is 19.1 Å². The van der Waals surface area contributed by atoms with Gasteiger partial charge in [0.2, 0.25) is 0 Å². The molecule has 1 saturated heterocycles. The van der Waals surface area contributed by atoms with Crippen LogP contribution in [0.4, 0.5) is 5.69 Å². The molecule has 3 aromatic rings. The Kier molecular flexibility index (Phi) is 7.26. The third-order valence-corrected chi connectivity index (χ3v) is 6.76. The van der Waals surface area contributed by atoms with E-state index in [-0.39, 0.29) is 23.7 Å². The second kappa shape index (κ2) is 10.4. The highest BCUT2D eigenvalue weighted by molar-refractivity contribution is 9.10. The van der Waals surface area contributed by atoms with Gasteiger partial charge in [0.15, 0.2) is 0 Å². The smallest absolute Gasteiger partial charge is 0.309 e. The summed E-state index contributed by atoms with van der Waals surface area (Å²) in [7, 11) is 2.85. The van der Waals surface area contributed by atoms with Crippen molar-refractivity contribution >= 4 is 45.0 Å². The van der Waals surface area contributed by atoms with E-state index in [1.54, 1.807) is 42.5 Å². The molecule has 0 saturated carbocycles. The molecule has 0 spiro atoms. The number of anilines is 1. The van der Waals surface area contributed by atoms with E-state index in [4.69, 9.17) is 9.47 Å². The molecule has 1 heterocycles. The summed E-state index contributed by atoms with van der Waals surface area (Å²) in [5, 5.41) is 11.3. The van der Waals surface area contributed by atoms with Crippen LogP contribution in [0.2, 0.25) is 0 Å². The zero-order chi connectivity index (χ0) is 26.0. The molecule has 0 aliphatic carbocycles. The predicted molar refractivity (Wildman–Crippen MR) is 139 cm³/mol. The molecule has 4 rings (SSSR count). The Morgan fingerprint density at radius 1 is 1.03 bits per heavy atom. The van der Waals surface area contributed by atoms with Crippen molar-refractivity contribution in [3.8, 4) is 5.75 Å². The van der Waals surface area contributed by atoms with Crippen molar-refractivity contribution in [3.63, 3.8) is 0 Å². The summed E-state index contributed by atoms with van der Waals surface area (Å²) in [5.74, 6) is -1.64. The van der Waals surface area contributed by atoms with Crippen LogP contribution in [0.25, 0.3) is 5.76 Å². The van der Waals surface area contributed by atoms with Crippen LogP contribution < -0.4 is 9.64 Å². The van der Waals surface area contributed by atoms with E-state index in [1.165, 1.54) is 19.1 Å². The van der Waals surface area contributed by atoms with Gasteiger partial charge in [-0.15, -0.1) is 0 Å². The topological polar surface area (TPSA) is 93.1 Å². The number of hydrogen-bond donors (Lipinski definition) is 1. The minimum atomic E-state index is -0.849. The number of carbonyl (C=O) groups is 3. The van der Waals surface area contributed by atoms with Crippen molar-refractivity contribution in [2.24, 2.45) is 0 Å². The quantitative estimate of drug-likeness (QED) is 0.199. The number of halogens is 1. The molecule has 3 aromatic carbocycles. The number of aryl methyl sites for hydroxylation is 1. The fourth-order valence-electron chi connectivity index (χ4n) is 4.27. The lowest BCUT2D eigenvalue weighted by atomic mass is 9.92. The molecule has 1 fully saturated rings. The van der Waals surface area contributed by atoms with Gasteiger partial charge in [-0.1, -0.05) is 36.4 Å². The summed E-state index contributed by atoms with van der Waals surface area (Å²) in [4.78, 5) is 39.7. The number of nitrogens with zero attached hydrogens (tertiary/aromatic N) is 1. The lowest BCUT2D eigenvalue weighted by molar-refractivity contribution is -0.139. The van der Waals surface area contributed by atoms with Crippen molar-refractivity contribution in [1.29, 1.82) is 0 Å². The first-order valence-electron chi connectivity index (χ1n) is 11.1. The molecule has 1 aliphatic heterocycles. The van der Waals surface area contributed by atoms with Crippen molar-refractivity contribution < 1.29 is 29.0 Å². The maximum absolute atomic E-state index is 13.4. The van der Waals surface area contributed by atoms with E-state index in [2.05, 4.69) is 15.9 Å². The Hall–Kier alpha value is -3.91. The first kappa shape index (κ1) is 25.2. The molecule has 8 heteroatoms. The number of ketones is 1. The molecule has 7 nitrogen and oxygen atoms in total. The normalized spacial score (nSPS) is 16.8. The third-order valence-electron chi connectivity index (χ3n) is 6.14. The van der Waals surface area contributed by atoms with Gasteiger partial charge in [-0.3, -0.25) is 19.3 Å². The van der Waals surface area contributed by atoms with Gasteiger partial charge in [-0.25, -0.2) is 0 Å². The van der Waals surface area contributed by atoms with E-state index >= 15 is 0 Å². The van der Waals surface area contributed by atoms with E-state index in [9.17, 15) is 19.5 Å². The fourth-order valence-corrected chi connectivity index (χ4v) is 4.81. The molecule has 1 N–H and O–H groups in total. The Morgan fingerprint density at radius 2 is 1.72 bits per heavy atom. The van der Waals surface area contributed by atoms with Crippen LogP contribution >= 0.6 is 15.9 Å². The predicted octanol–water partition coefficient (Wildman–Crippen LogP) is 5.11.